The fourth-order valence-electron chi connectivity index (χ4n) is 1.56. The molecule has 0 spiro atoms. The number of thiocarbonyl (C=S) groups is 1. The number of benzene rings is 1. The molecule has 0 amide bonds. The smallest absolute Gasteiger partial charge is 0.189 e. The van der Waals surface area contributed by atoms with Crippen LogP contribution in [0.15, 0.2) is 29.4 Å². The molecule has 1 aromatic carbocycles. The minimum Gasteiger partial charge on any atom is -0.493 e. The van der Waals surface area contributed by atoms with Gasteiger partial charge in [-0.1, -0.05) is 25.5 Å². The van der Waals surface area contributed by atoms with Crippen molar-refractivity contribution in [2.24, 2.45) is 5.10 Å². The number of unbranched alkanes of at least 4 members (excludes halogenated alkanes) is 1. The molecule has 110 valence electrons. The molecule has 0 aliphatic carbocycles. The summed E-state index contributed by atoms with van der Waals surface area (Å²) in [6.45, 7) is 5.63. The third-order valence-electron chi connectivity index (χ3n) is 2.69. The van der Waals surface area contributed by atoms with E-state index < -0.39 is 0 Å². The Morgan fingerprint density at radius 3 is 2.85 bits per heavy atom. The molecule has 0 saturated carbocycles. The minimum absolute atomic E-state index is 0.628. The predicted molar refractivity (Wildman–Crippen MR) is 88.5 cm³/mol. The molecule has 1 aromatic rings. The van der Waals surface area contributed by atoms with E-state index in [0.717, 1.165) is 30.7 Å². The van der Waals surface area contributed by atoms with E-state index in [2.05, 4.69) is 17.3 Å². The van der Waals surface area contributed by atoms with Crippen molar-refractivity contribution in [3.8, 4) is 5.75 Å². The number of hydrogen-bond acceptors (Lipinski definition) is 3. The molecular weight excluding hydrogens is 270 g/mol. The van der Waals surface area contributed by atoms with Crippen molar-refractivity contribution in [1.82, 2.24) is 10.3 Å². The van der Waals surface area contributed by atoms with Gasteiger partial charge in [0, 0.05) is 19.2 Å². The van der Waals surface area contributed by atoms with Gasteiger partial charge in [0.1, 0.15) is 5.75 Å². The molecule has 0 radical (unpaired) electrons. The molecule has 0 saturated heterocycles. The van der Waals surface area contributed by atoms with Gasteiger partial charge >= 0.3 is 0 Å². The first kappa shape index (κ1) is 16.4. The summed E-state index contributed by atoms with van der Waals surface area (Å²) >= 11 is 5.26. The van der Waals surface area contributed by atoms with Crippen LogP contribution >= 0.6 is 12.2 Å². The first-order valence-corrected chi connectivity index (χ1v) is 7.37. The Hall–Kier alpha value is -1.62. The predicted octanol–water partition coefficient (Wildman–Crippen LogP) is 3.03. The number of ether oxygens (including phenoxy) is 1. The van der Waals surface area contributed by atoms with E-state index in [9.17, 15) is 0 Å². The van der Waals surface area contributed by atoms with E-state index in [1.807, 2.05) is 38.2 Å². The van der Waals surface area contributed by atoms with E-state index >= 15 is 0 Å². The van der Waals surface area contributed by atoms with Crippen molar-refractivity contribution in [2.75, 3.05) is 20.2 Å². The van der Waals surface area contributed by atoms with Crippen LogP contribution in [0.2, 0.25) is 0 Å². The lowest BCUT2D eigenvalue weighted by molar-refractivity contribution is 0.339. The molecule has 1 N–H and O–H groups in total. The van der Waals surface area contributed by atoms with Crippen LogP contribution in [-0.4, -0.2) is 36.5 Å². The third kappa shape index (κ3) is 5.57. The minimum atomic E-state index is 0.628. The summed E-state index contributed by atoms with van der Waals surface area (Å²) in [6, 6.07) is 7.81. The number of hydrogen-bond donors (Lipinski definition) is 1. The van der Waals surface area contributed by atoms with Gasteiger partial charge in [0.25, 0.3) is 0 Å². The highest BCUT2D eigenvalue weighted by atomic mass is 32.1. The molecule has 0 aliphatic rings. The molecule has 0 fully saturated rings. The maximum atomic E-state index is 5.55. The second-order valence-corrected chi connectivity index (χ2v) is 4.71. The molecule has 4 nitrogen and oxygen atoms in total. The van der Waals surface area contributed by atoms with Crippen molar-refractivity contribution in [3.63, 3.8) is 0 Å². The van der Waals surface area contributed by atoms with Gasteiger partial charge < -0.3 is 10.1 Å². The zero-order valence-electron chi connectivity index (χ0n) is 12.4. The third-order valence-corrected chi connectivity index (χ3v) is 3.10. The first-order chi connectivity index (χ1) is 9.69. The quantitative estimate of drug-likeness (QED) is 0.363. The van der Waals surface area contributed by atoms with Gasteiger partial charge in [-0.25, -0.2) is 5.01 Å². The second-order valence-electron chi connectivity index (χ2n) is 4.32. The van der Waals surface area contributed by atoms with Crippen LogP contribution in [0.1, 0.15) is 32.3 Å². The van der Waals surface area contributed by atoms with Crippen LogP contribution in [0, 0.1) is 0 Å². The summed E-state index contributed by atoms with van der Waals surface area (Å²) in [5, 5.41) is 9.80. The number of rotatable bonds is 7. The van der Waals surface area contributed by atoms with Crippen LogP contribution in [0.3, 0.4) is 0 Å². The standard InChI is InChI=1S/C15H23N3OS/c1-4-6-11-16-15(20)18(3)17-12-13-9-7-8-10-14(13)19-5-2/h7-10,12H,4-6,11H2,1-3H3,(H,16,20)/b17-12-. The van der Waals surface area contributed by atoms with E-state index in [1.165, 1.54) is 0 Å². The molecular formula is C15H23N3OS. The lowest BCUT2D eigenvalue weighted by Gasteiger charge is -2.15. The Morgan fingerprint density at radius 2 is 2.15 bits per heavy atom. The number of para-hydroxylation sites is 1. The maximum absolute atomic E-state index is 5.55. The van der Waals surface area contributed by atoms with Gasteiger partial charge in [-0.2, -0.15) is 5.10 Å². The Morgan fingerprint density at radius 1 is 1.40 bits per heavy atom. The van der Waals surface area contributed by atoms with E-state index in [1.54, 1.807) is 11.2 Å². The molecule has 5 heteroatoms. The Kier molecular flexibility index (Phi) is 7.65. The summed E-state index contributed by atoms with van der Waals surface area (Å²) < 4.78 is 5.55. The largest absolute Gasteiger partial charge is 0.493 e. The maximum Gasteiger partial charge on any atom is 0.189 e. The SMILES string of the molecule is CCCCNC(=S)N(C)/N=C\c1ccccc1OCC. The Labute approximate surface area is 126 Å². The summed E-state index contributed by atoms with van der Waals surface area (Å²) in [7, 11) is 1.83. The molecule has 0 bridgehead atoms. The Bertz CT molecular complexity index is 448. The molecule has 0 aromatic heterocycles. The highest BCUT2D eigenvalue weighted by Gasteiger charge is 2.02. The average Bonchev–Trinajstić information content (AvgIpc) is 2.46. The summed E-state index contributed by atoms with van der Waals surface area (Å²) in [6.07, 6.45) is 4.01. The highest BCUT2D eigenvalue weighted by molar-refractivity contribution is 7.80. The molecule has 0 aliphatic heterocycles. The molecule has 0 unspecified atom stereocenters. The van der Waals surface area contributed by atoms with Gasteiger partial charge in [0.05, 0.1) is 12.8 Å². The lowest BCUT2D eigenvalue weighted by atomic mass is 10.2. The summed E-state index contributed by atoms with van der Waals surface area (Å²) in [4.78, 5) is 0. The highest BCUT2D eigenvalue weighted by Crippen LogP contribution is 2.15. The van der Waals surface area contributed by atoms with Gasteiger partial charge in [0.15, 0.2) is 5.11 Å². The van der Waals surface area contributed by atoms with Crippen LogP contribution in [0.5, 0.6) is 5.75 Å². The van der Waals surface area contributed by atoms with Crippen molar-refractivity contribution >= 4 is 23.5 Å². The van der Waals surface area contributed by atoms with Crippen molar-refractivity contribution in [2.45, 2.75) is 26.7 Å². The van der Waals surface area contributed by atoms with Crippen LogP contribution in [0.4, 0.5) is 0 Å². The van der Waals surface area contributed by atoms with Gasteiger partial charge in [-0.05, 0) is 37.7 Å². The zero-order chi connectivity index (χ0) is 14.8. The van der Waals surface area contributed by atoms with Crippen LogP contribution < -0.4 is 10.1 Å². The van der Waals surface area contributed by atoms with Crippen molar-refractivity contribution < 1.29 is 4.74 Å². The lowest BCUT2D eigenvalue weighted by Crippen LogP contribution is -2.34. The summed E-state index contributed by atoms with van der Waals surface area (Å²) in [5.74, 6) is 0.831. The molecule has 1 rings (SSSR count). The zero-order valence-corrected chi connectivity index (χ0v) is 13.2. The normalized spacial score (nSPS) is 10.6. The number of nitrogens with one attached hydrogen (secondary N) is 1. The second kappa shape index (κ2) is 9.31. The monoisotopic (exact) mass is 293 g/mol. The van der Waals surface area contributed by atoms with Crippen LogP contribution in [0.25, 0.3) is 0 Å². The molecule has 20 heavy (non-hydrogen) atoms. The van der Waals surface area contributed by atoms with Crippen molar-refractivity contribution in [3.05, 3.63) is 29.8 Å². The van der Waals surface area contributed by atoms with Crippen LogP contribution in [-0.2, 0) is 0 Å². The average molecular weight is 293 g/mol. The van der Waals surface area contributed by atoms with Gasteiger partial charge in [0.2, 0.25) is 0 Å². The van der Waals surface area contributed by atoms with E-state index in [-0.39, 0.29) is 0 Å². The summed E-state index contributed by atoms with van der Waals surface area (Å²) in [5.41, 5.74) is 0.942. The number of nitrogens with zero attached hydrogens (tertiary/aromatic N) is 2. The van der Waals surface area contributed by atoms with E-state index in [4.69, 9.17) is 17.0 Å². The first-order valence-electron chi connectivity index (χ1n) is 6.96. The fourth-order valence-corrected chi connectivity index (χ4v) is 1.71. The topological polar surface area (TPSA) is 36.9 Å². The molecule has 0 atom stereocenters. The van der Waals surface area contributed by atoms with E-state index in [0.29, 0.717) is 11.7 Å². The number of hydrazone groups is 1. The Balaban J connectivity index is 2.60. The van der Waals surface area contributed by atoms with Gasteiger partial charge in [-0.3, -0.25) is 0 Å². The fraction of sp³-hybridized carbons (Fsp3) is 0.467. The van der Waals surface area contributed by atoms with Crippen molar-refractivity contribution in [1.29, 1.82) is 0 Å². The molecule has 0 heterocycles. The van der Waals surface area contributed by atoms with Gasteiger partial charge in [-0.15, -0.1) is 0 Å².